The summed E-state index contributed by atoms with van der Waals surface area (Å²) in [7, 11) is 0. The molecule has 3 saturated heterocycles. The fourth-order valence-electron chi connectivity index (χ4n) is 4.28. The van der Waals surface area contributed by atoms with Crippen LogP contribution in [-0.4, -0.2) is 73.3 Å². The third kappa shape index (κ3) is 4.34. The third-order valence-corrected chi connectivity index (χ3v) is 6.22. The van der Waals surface area contributed by atoms with Crippen molar-refractivity contribution in [1.29, 1.82) is 0 Å². The van der Waals surface area contributed by atoms with E-state index in [1.807, 2.05) is 12.4 Å². The highest BCUT2D eigenvalue weighted by atomic mass is 16.5. The van der Waals surface area contributed by atoms with Gasteiger partial charge in [-0.05, 0) is 31.6 Å². The molecule has 3 aliphatic rings. The van der Waals surface area contributed by atoms with E-state index in [0.717, 1.165) is 95.7 Å². The van der Waals surface area contributed by atoms with E-state index < -0.39 is 0 Å². The van der Waals surface area contributed by atoms with Crippen molar-refractivity contribution in [2.24, 2.45) is 11.8 Å². The van der Waals surface area contributed by atoms with E-state index in [9.17, 15) is 4.79 Å². The third-order valence-electron chi connectivity index (χ3n) is 6.22. The standard InChI is InChI=1S/C20H31N5O2/c1-16-2-6-24(7-3-16)19(26)17-4-8-23(9-5-17)18-14-21-20(22-15-18)25-10-12-27-13-11-25/h14-17H,2-13H2,1H3. The van der Waals surface area contributed by atoms with E-state index in [1.54, 1.807) is 0 Å². The SMILES string of the molecule is CC1CCN(C(=O)C2CCN(c3cnc(N4CCOCC4)nc3)CC2)CC1. The highest BCUT2D eigenvalue weighted by Crippen LogP contribution is 2.26. The smallest absolute Gasteiger partial charge is 0.225 e. The van der Waals surface area contributed by atoms with Crippen molar-refractivity contribution in [2.75, 3.05) is 62.3 Å². The van der Waals surface area contributed by atoms with Gasteiger partial charge in [0.15, 0.2) is 0 Å². The molecule has 0 unspecified atom stereocenters. The Morgan fingerprint density at radius 1 is 0.926 bits per heavy atom. The normalized spacial score (nSPS) is 22.9. The van der Waals surface area contributed by atoms with Crippen molar-refractivity contribution in [1.82, 2.24) is 14.9 Å². The van der Waals surface area contributed by atoms with Gasteiger partial charge in [-0.15, -0.1) is 0 Å². The Morgan fingerprint density at radius 2 is 1.56 bits per heavy atom. The molecular weight excluding hydrogens is 342 g/mol. The van der Waals surface area contributed by atoms with Crippen LogP contribution in [0.1, 0.15) is 32.6 Å². The number of piperidine rings is 2. The maximum atomic E-state index is 12.8. The Balaban J connectivity index is 1.29. The maximum Gasteiger partial charge on any atom is 0.225 e. The molecule has 1 aromatic heterocycles. The lowest BCUT2D eigenvalue weighted by atomic mass is 9.92. The van der Waals surface area contributed by atoms with Crippen LogP contribution in [0.15, 0.2) is 12.4 Å². The number of anilines is 2. The number of nitrogens with zero attached hydrogens (tertiary/aromatic N) is 5. The summed E-state index contributed by atoms with van der Waals surface area (Å²) in [5, 5.41) is 0. The van der Waals surface area contributed by atoms with Gasteiger partial charge in [-0.2, -0.15) is 0 Å². The number of hydrogen-bond acceptors (Lipinski definition) is 6. The Labute approximate surface area is 161 Å². The summed E-state index contributed by atoms with van der Waals surface area (Å²) in [6, 6.07) is 0. The largest absolute Gasteiger partial charge is 0.378 e. The van der Waals surface area contributed by atoms with Crippen LogP contribution in [0.4, 0.5) is 11.6 Å². The summed E-state index contributed by atoms with van der Waals surface area (Å²) in [4.78, 5) is 28.5. The van der Waals surface area contributed by atoms with Gasteiger partial charge in [-0.3, -0.25) is 4.79 Å². The molecule has 0 bridgehead atoms. The first-order valence-corrected chi connectivity index (χ1v) is 10.4. The van der Waals surface area contributed by atoms with Gasteiger partial charge in [0.25, 0.3) is 0 Å². The number of carbonyl (C=O) groups is 1. The number of ether oxygens (including phenoxy) is 1. The first-order valence-electron chi connectivity index (χ1n) is 10.4. The minimum absolute atomic E-state index is 0.184. The Hall–Kier alpha value is -1.89. The Kier molecular flexibility index (Phi) is 5.76. The average Bonchev–Trinajstić information content (AvgIpc) is 2.75. The van der Waals surface area contributed by atoms with Crippen LogP contribution in [0.25, 0.3) is 0 Å². The molecule has 0 N–H and O–H groups in total. The monoisotopic (exact) mass is 373 g/mol. The van der Waals surface area contributed by atoms with Crippen LogP contribution < -0.4 is 9.80 Å². The molecule has 7 nitrogen and oxygen atoms in total. The van der Waals surface area contributed by atoms with Crippen molar-refractivity contribution < 1.29 is 9.53 Å². The Bertz CT molecular complexity index is 616. The number of aromatic nitrogens is 2. The second-order valence-corrected chi connectivity index (χ2v) is 8.11. The summed E-state index contributed by atoms with van der Waals surface area (Å²) >= 11 is 0. The van der Waals surface area contributed by atoms with Gasteiger partial charge in [0.1, 0.15) is 0 Å². The average molecular weight is 374 g/mol. The van der Waals surface area contributed by atoms with Crippen LogP contribution in [-0.2, 0) is 9.53 Å². The minimum Gasteiger partial charge on any atom is -0.378 e. The number of carbonyl (C=O) groups excluding carboxylic acids is 1. The van der Waals surface area contributed by atoms with Crippen LogP contribution in [0.5, 0.6) is 0 Å². The van der Waals surface area contributed by atoms with Gasteiger partial charge in [0, 0.05) is 45.2 Å². The van der Waals surface area contributed by atoms with Gasteiger partial charge < -0.3 is 19.4 Å². The topological polar surface area (TPSA) is 61.8 Å². The minimum atomic E-state index is 0.184. The zero-order valence-corrected chi connectivity index (χ0v) is 16.3. The number of hydrogen-bond donors (Lipinski definition) is 0. The van der Waals surface area contributed by atoms with Crippen molar-refractivity contribution in [3.8, 4) is 0 Å². The second-order valence-electron chi connectivity index (χ2n) is 8.11. The molecule has 0 atom stereocenters. The van der Waals surface area contributed by atoms with Gasteiger partial charge in [-0.25, -0.2) is 9.97 Å². The van der Waals surface area contributed by atoms with E-state index in [0.29, 0.717) is 5.91 Å². The summed E-state index contributed by atoms with van der Waals surface area (Å²) in [6.45, 7) is 9.15. The summed E-state index contributed by atoms with van der Waals surface area (Å²) in [5.74, 6) is 2.10. The molecule has 27 heavy (non-hydrogen) atoms. The zero-order chi connectivity index (χ0) is 18.6. The number of rotatable bonds is 3. The van der Waals surface area contributed by atoms with Crippen molar-refractivity contribution in [3.63, 3.8) is 0 Å². The predicted octanol–water partition coefficient (Wildman–Crippen LogP) is 1.79. The molecule has 148 valence electrons. The van der Waals surface area contributed by atoms with Crippen molar-refractivity contribution in [3.05, 3.63) is 12.4 Å². The van der Waals surface area contributed by atoms with E-state index in [1.165, 1.54) is 0 Å². The van der Waals surface area contributed by atoms with Gasteiger partial charge in [-0.1, -0.05) is 6.92 Å². The Morgan fingerprint density at radius 3 is 2.19 bits per heavy atom. The van der Waals surface area contributed by atoms with Gasteiger partial charge >= 0.3 is 0 Å². The molecule has 0 spiro atoms. The molecule has 0 radical (unpaired) electrons. The summed E-state index contributed by atoms with van der Waals surface area (Å²) in [5.41, 5.74) is 1.06. The summed E-state index contributed by atoms with van der Waals surface area (Å²) in [6.07, 6.45) is 8.00. The highest BCUT2D eigenvalue weighted by molar-refractivity contribution is 5.79. The molecule has 0 aliphatic carbocycles. The number of amides is 1. The molecule has 0 aromatic carbocycles. The van der Waals surface area contributed by atoms with E-state index in [4.69, 9.17) is 4.74 Å². The van der Waals surface area contributed by atoms with Crippen molar-refractivity contribution >= 4 is 17.5 Å². The predicted molar refractivity (Wildman–Crippen MR) is 105 cm³/mol. The summed E-state index contributed by atoms with van der Waals surface area (Å²) < 4.78 is 5.38. The second kappa shape index (κ2) is 8.42. The van der Waals surface area contributed by atoms with Crippen LogP contribution >= 0.6 is 0 Å². The maximum absolute atomic E-state index is 12.8. The lowest BCUT2D eigenvalue weighted by Crippen LogP contribution is -2.45. The lowest BCUT2D eigenvalue weighted by molar-refractivity contribution is -0.137. The first kappa shape index (κ1) is 18.5. The van der Waals surface area contributed by atoms with Crippen LogP contribution in [0.3, 0.4) is 0 Å². The van der Waals surface area contributed by atoms with Gasteiger partial charge in [0.2, 0.25) is 11.9 Å². The zero-order valence-electron chi connectivity index (χ0n) is 16.3. The lowest BCUT2D eigenvalue weighted by Gasteiger charge is -2.37. The molecule has 4 heterocycles. The number of morpholine rings is 1. The first-order chi connectivity index (χ1) is 13.2. The van der Waals surface area contributed by atoms with E-state index in [-0.39, 0.29) is 5.92 Å². The number of likely N-dealkylation sites (tertiary alicyclic amines) is 1. The van der Waals surface area contributed by atoms with Gasteiger partial charge in [0.05, 0.1) is 31.3 Å². The van der Waals surface area contributed by atoms with Crippen LogP contribution in [0, 0.1) is 11.8 Å². The van der Waals surface area contributed by atoms with E-state index >= 15 is 0 Å². The molecule has 3 fully saturated rings. The molecule has 0 saturated carbocycles. The van der Waals surface area contributed by atoms with E-state index in [2.05, 4.69) is 31.6 Å². The highest BCUT2D eigenvalue weighted by Gasteiger charge is 2.30. The molecule has 4 rings (SSSR count). The molecule has 3 aliphatic heterocycles. The molecule has 7 heteroatoms. The molecule has 1 amide bonds. The molecular formula is C20H31N5O2. The fourth-order valence-corrected chi connectivity index (χ4v) is 4.28. The molecule has 1 aromatic rings. The fraction of sp³-hybridized carbons (Fsp3) is 0.750. The van der Waals surface area contributed by atoms with Crippen LogP contribution in [0.2, 0.25) is 0 Å². The van der Waals surface area contributed by atoms with Crippen molar-refractivity contribution in [2.45, 2.75) is 32.6 Å². The quantitative estimate of drug-likeness (QED) is 0.805.